The molecule has 0 amide bonds. The smallest absolute Gasteiger partial charge is 0.126 e. The summed E-state index contributed by atoms with van der Waals surface area (Å²) in [5.74, 6) is 0.856. The Hall–Kier alpha value is -1.83. The number of para-hydroxylation sites is 1. The number of nitrogens with zero attached hydrogens (tertiary/aromatic N) is 1. The van der Waals surface area contributed by atoms with Gasteiger partial charge < -0.3 is 4.74 Å². The molecule has 0 aliphatic carbocycles. The third-order valence-corrected chi connectivity index (χ3v) is 2.02. The fourth-order valence-electron chi connectivity index (χ4n) is 1.35. The standard InChI is InChI=1S/C12H10NO/c1-14-12-5-3-2-4-11(12)10-6-8-13-9-7-10/h2-6,8-9H,1H3. The molecule has 1 heterocycles. The van der Waals surface area contributed by atoms with Crippen molar-refractivity contribution in [1.82, 2.24) is 4.98 Å². The summed E-state index contributed by atoms with van der Waals surface area (Å²) in [4.78, 5) is 3.93. The fraction of sp³-hybridized carbons (Fsp3) is 0.0833. The minimum atomic E-state index is 0.856. The van der Waals surface area contributed by atoms with Gasteiger partial charge in [0.15, 0.2) is 0 Å². The highest BCUT2D eigenvalue weighted by Crippen LogP contribution is 2.28. The van der Waals surface area contributed by atoms with E-state index in [0.29, 0.717) is 0 Å². The summed E-state index contributed by atoms with van der Waals surface area (Å²) in [7, 11) is 1.67. The number of methoxy groups -OCH3 is 1. The minimum Gasteiger partial charge on any atom is -0.496 e. The number of hydrogen-bond acceptors (Lipinski definition) is 2. The van der Waals surface area contributed by atoms with Crippen LogP contribution in [0.2, 0.25) is 0 Å². The van der Waals surface area contributed by atoms with E-state index in [2.05, 4.69) is 11.1 Å². The van der Waals surface area contributed by atoms with Crippen LogP contribution in [0.1, 0.15) is 0 Å². The van der Waals surface area contributed by atoms with Gasteiger partial charge in [-0.25, -0.2) is 0 Å². The van der Waals surface area contributed by atoms with Crippen molar-refractivity contribution in [2.45, 2.75) is 0 Å². The second kappa shape index (κ2) is 3.92. The zero-order chi connectivity index (χ0) is 9.80. The van der Waals surface area contributed by atoms with E-state index in [4.69, 9.17) is 4.74 Å². The quantitative estimate of drug-likeness (QED) is 0.715. The van der Waals surface area contributed by atoms with E-state index in [9.17, 15) is 0 Å². The number of aromatic nitrogens is 1. The summed E-state index contributed by atoms with van der Waals surface area (Å²) in [6.07, 6.45) is 3.40. The first kappa shape index (κ1) is 8.75. The van der Waals surface area contributed by atoms with Gasteiger partial charge in [-0.15, -0.1) is 0 Å². The molecule has 0 aliphatic rings. The number of benzene rings is 1. The molecule has 69 valence electrons. The maximum atomic E-state index is 5.26. The van der Waals surface area contributed by atoms with Crippen LogP contribution in [-0.2, 0) is 0 Å². The van der Waals surface area contributed by atoms with Crippen molar-refractivity contribution in [2.24, 2.45) is 0 Å². The number of hydrogen-bond donors (Lipinski definition) is 0. The Morgan fingerprint density at radius 3 is 2.79 bits per heavy atom. The summed E-state index contributed by atoms with van der Waals surface area (Å²) in [5, 5.41) is 0. The molecular weight excluding hydrogens is 174 g/mol. The van der Waals surface area contributed by atoms with E-state index in [1.807, 2.05) is 30.3 Å². The van der Waals surface area contributed by atoms with Crippen molar-refractivity contribution in [1.29, 1.82) is 0 Å². The Morgan fingerprint density at radius 2 is 2.07 bits per heavy atom. The van der Waals surface area contributed by atoms with Gasteiger partial charge in [0, 0.05) is 24.0 Å². The third-order valence-electron chi connectivity index (χ3n) is 2.02. The topological polar surface area (TPSA) is 22.1 Å². The van der Waals surface area contributed by atoms with Gasteiger partial charge in [-0.1, -0.05) is 18.2 Å². The molecule has 0 spiro atoms. The highest BCUT2D eigenvalue weighted by atomic mass is 16.5. The third kappa shape index (κ3) is 1.59. The van der Waals surface area contributed by atoms with Gasteiger partial charge >= 0.3 is 0 Å². The van der Waals surface area contributed by atoms with Crippen LogP contribution in [0, 0.1) is 6.07 Å². The van der Waals surface area contributed by atoms with E-state index < -0.39 is 0 Å². The predicted octanol–water partition coefficient (Wildman–Crippen LogP) is 2.56. The van der Waals surface area contributed by atoms with Gasteiger partial charge in [0.25, 0.3) is 0 Å². The van der Waals surface area contributed by atoms with Crippen LogP contribution >= 0.6 is 0 Å². The first-order valence-electron chi connectivity index (χ1n) is 4.37. The average Bonchev–Trinajstić information content (AvgIpc) is 2.30. The molecule has 0 unspecified atom stereocenters. The number of pyridine rings is 1. The molecule has 0 atom stereocenters. The van der Waals surface area contributed by atoms with Crippen molar-refractivity contribution in [3.8, 4) is 16.9 Å². The van der Waals surface area contributed by atoms with Gasteiger partial charge in [0.05, 0.1) is 7.11 Å². The monoisotopic (exact) mass is 184 g/mol. The Morgan fingerprint density at radius 1 is 1.21 bits per heavy atom. The molecule has 1 aromatic heterocycles. The van der Waals surface area contributed by atoms with Crippen molar-refractivity contribution in [2.75, 3.05) is 7.11 Å². The normalized spacial score (nSPS) is 9.79. The van der Waals surface area contributed by atoms with Gasteiger partial charge in [-0.3, -0.25) is 4.98 Å². The lowest BCUT2D eigenvalue weighted by molar-refractivity contribution is 0.416. The summed E-state index contributed by atoms with van der Waals surface area (Å²) >= 11 is 0. The molecule has 2 rings (SSSR count). The molecule has 0 aliphatic heterocycles. The lowest BCUT2D eigenvalue weighted by atomic mass is 10.1. The molecule has 0 fully saturated rings. The molecule has 0 saturated heterocycles. The maximum Gasteiger partial charge on any atom is 0.126 e. The highest BCUT2D eigenvalue weighted by Gasteiger charge is 2.03. The van der Waals surface area contributed by atoms with Crippen LogP contribution in [0.5, 0.6) is 5.75 Å². The number of rotatable bonds is 2. The maximum absolute atomic E-state index is 5.26. The molecule has 1 radical (unpaired) electrons. The van der Waals surface area contributed by atoms with Crippen molar-refractivity contribution in [3.63, 3.8) is 0 Å². The van der Waals surface area contributed by atoms with E-state index in [-0.39, 0.29) is 0 Å². The SMILES string of the molecule is COc1ccccc1-c1[c]cncc1. The Balaban J connectivity index is 2.51. The molecule has 2 nitrogen and oxygen atoms in total. The van der Waals surface area contributed by atoms with E-state index in [1.165, 1.54) is 0 Å². The molecule has 2 aromatic rings. The van der Waals surface area contributed by atoms with E-state index >= 15 is 0 Å². The second-order valence-corrected chi connectivity index (χ2v) is 2.85. The van der Waals surface area contributed by atoms with Crippen LogP contribution in [-0.4, -0.2) is 12.1 Å². The van der Waals surface area contributed by atoms with E-state index in [0.717, 1.165) is 16.9 Å². The molecule has 0 bridgehead atoms. The molecule has 14 heavy (non-hydrogen) atoms. The second-order valence-electron chi connectivity index (χ2n) is 2.85. The van der Waals surface area contributed by atoms with Crippen LogP contribution < -0.4 is 4.74 Å². The van der Waals surface area contributed by atoms with Gasteiger partial charge in [0.1, 0.15) is 5.75 Å². The average molecular weight is 184 g/mol. The van der Waals surface area contributed by atoms with Crippen LogP contribution in [0.4, 0.5) is 0 Å². The van der Waals surface area contributed by atoms with Crippen LogP contribution in [0.3, 0.4) is 0 Å². The summed E-state index contributed by atoms with van der Waals surface area (Å²) < 4.78 is 5.26. The van der Waals surface area contributed by atoms with Crippen LogP contribution in [0.25, 0.3) is 11.1 Å². The first-order chi connectivity index (χ1) is 6.92. The minimum absolute atomic E-state index is 0.856. The van der Waals surface area contributed by atoms with E-state index in [1.54, 1.807) is 19.5 Å². The largest absolute Gasteiger partial charge is 0.496 e. The molecule has 0 saturated carbocycles. The molecule has 0 N–H and O–H groups in total. The van der Waals surface area contributed by atoms with Gasteiger partial charge in [0.2, 0.25) is 0 Å². The Kier molecular flexibility index (Phi) is 2.45. The first-order valence-corrected chi connectivity index (χ1v) is 4.37. The zero-order valence-corrected chi connectivity index (χ0v) is 7.90. The van der Waals surface area contributed by atoms with Gasteiger partial charge in [-0.2, -0.15) is 0 Å². The highest BCUT2D eigenvalue weighted by molar-refractivity contribution is 5.69. The Bertz CT molecular complexity index is 412. The summed E-state index contributed by atoms with van der Waals surface area (Å²) in [6.45, 7) is 0. The predicted molar refractivity (Wildman–Crippen MR) is 55.1 cm³/mol. The van der Waals surface area contributed by atoms with Crippen molar-refractivity contribution in [3.05, 3.63) is 48.8 Å². The Labute approximate surface area is 83.2 Å². The number of ether oxygens (including phenoxy) is 1. The summed E-state index contributed by atoms with van der Waals surface area (Å²) in [5.41, 5.74) is 2.04. The van der Waals surface area contributed by atoms with Crippen molar-refractivity contribution >= 4 is 0 Å². The lowest BCUT2D eigenvalue weighted by Gasteiger charge is -2.06. The lowest BCUT2D eigenvalue weighted by Crippen LogP contribution is -1.87. The molecule has 1 aromatic carbocycles. The summed E-state index contributed by atoms with van der Waals surface area (Å²) in [6, 6.07) is 12.8. The van der Waals surface area contributed by atoms with Crippen molar-refractivity contribution < 1.29 is 4.74 Å². The fourth-order valence-corrected chi connectivity index (χ4v) is 1.35. The van der Waals surface area contributed by atoms with Gasteiger partial charge in [-0.05, 0) is 17.7 Å². The zero-order valence-electron chi connectivity index (χ0n) is 7.90. The molecule has 2 heteroatoms. The molecular formula is C12H10NO. The van der Waals surface area contributed by atoms with Crippen LogP contribution in [0.15, 0.2) is 42.7 Å².